The van der Waals surface area contributed by atoms with E-state index in [1.165, 1.54) is 0 Å². The number of anilines is 1. The molecule has 0 aliphatic heterocycles. The molecule has 3 rings (SSSR count). The van der Waals surface area contributed by atoms with Gasteiger partial charge in [0.25, 0.3) is 5.78 Å². The van der Waals surface area contributed by atoms with E-state index in [4.69, 9.17) is 0 Å². The zero-order chi connectivity index (χ0) is 15.7. The highest BCUT2D eigenvalue weighted by molar-refractivity contribution is 7.98. The number of fused-ring (bicyclic) bond motifs is 1. The lowest BCUT2D eigenvalue weighted by Gasteiger charge is -2.10. The topological polar surface area (TPSA) is 59.2 Å². The minimum atomic E-state index is 0.654. The quantitative estimate of drug-likeness (QED) is 0.690. The van der Waals surface area contributed by atoms with E-state index >= 15 is 0 Å². The molecule has 0 N–H and O–H groups in total. The molecule has 0 spiro atoms. The predicted octanol–water partition coefficient (Wildman–Crippen LogP) is 2.49. The second-order valence-electron chi connectivity index (χ2n) is 5.35. The van der Waals surface area contributed by atoms with E-state index in [-0.39, 0.29) is 0 Å². The van der Waals surface area contributed by atoms with Crippen LogP contribution in [-0.2, 0) is 5.75 Å². The number of aryl methyl sites for hydroxylation is 2. The molecular weight excluding hydrogens is 296 g/mol. The molecule has 7 heteroatoms. The highest BCUT2D eigenvalue weighted by atomic mass is 32.2. The number of hydrogen-bond acceptors (Lipinski definition) is 6. The fraction of sp³-hybridized carbons (Fsp3) is 0.333. The second kappa shape index (κ2) is 5.92. The van der Waals surface area contributed by atoms with E-state index < -0.39 is 0 Å². The first kappa shape index (κ1) is 14.8. The zero-order valence-corrected chi connectivity index (χ0v) is 13.9. The van der Waals surface area contributed by atoms with E-state index in [1.807, 2.05) is 51.2 Å². The summed E-state index contributed by atoms with van der Waals surface area (Å²) in [5.74, 6) is 2.39. The van der Waals surface area contributed by atoms with Crippen LogP contribution in [0.3, 0.4) is 0 Å². The Morgan fingerprint density at radius 2 is 2.00 bits per heavy atom. The summed E-state index contributed by atoms with van der Waals surface area (Å²) < 4.78 is 1.78. The molecule has 0 aliphatic carbocycles. The van der Waals surface area contributed by atoms with Crippen LogP contribution >= 0.6 is 11.8 Å². The van der Waals surface area contributed by atoms with Crippen molar-refractivity contribution >= 4 is 23.4 Å². The average Bonchev–Trinajstić information content (AvgIpc) is 2.89. The van der Waals surface area contributed by atoms with Crippen molar-refractivity contribution in [2.75, 3.05) is 19.0 Å². The number of aromatic nitrogens is 5. The third-order valence-corrected chi connectivity index (χ3v) is 4.14. The van der Waals surface area contributed by atoms with Gasteiger partial charge in [0.15, 0.2) is 0 Å². The highest BCUT2D eigenvalue weighted by Crippen LogP contribution is 2.21. The Morgan fingerprint density at radius 3 is 2.68 bits per heavy atom. The molecule has 0 radical (unpaired) electrons. The maximum Gasteiger partial charge on any atom is 0.253 e. The van der Waals surface area contributed by atoms with Gasteiger partial charge in [-0.25, -0.2) is 14.5 Å². The van der Waals surface area contributed by atoms with Gasteiger partial charge in [0.1, 0.15) is 5.82 Å². The summed E-state index contributed by atoms with van der Waals surface area (Å²) in [5.41, 5.74) is 3.14. The molecule has 0 amide bonds. The van der Waals surface area contributed by atoms with Gasteiger partial charge in [0.05, 0.1) is 0 Å². The minimum Gasteiger partial charge on any atom is -0.363 e. The van der Waals surface area contributed by atoms with Gasteiger partial charge in [0.2, 0.25) is 5.16 Å². The van der Waals surface area contributed by atoms with Crippen molar-refractivity contribution in [1.82, 2.24) is 24.6 Å². The molecule has 22 heavy (non-hydrogen) atoms. The van der Waals surface area contributed by atoms with E-state index in [1.54, 1.807) is 16.3 Å². The van der Waals surface area contributed by atoms with Gasteiger partial charge in [-0.3, -0.25) is 0 Å². The fourth-order valence-corrected chi connectivity index (χ4v) is 2.88. The van der Waals surface area contributed by atoms with Crippen LogP contribution < -0.4 is 4.90 Å². The summed E-state index contributed by atoms with van der Waals surface area (Å²) in [4.78, 5) is 15.3. The van der Waals surface area contributed by atoms with E-state index in [0.29, 0.717) is 5.78 Å². The first-order valence-corrected chi connectivity index (χ1v) is 7.97. The third-order valence-electron chi connectivity index (χ3n) is 3.23. The average molecular weight is 314 g/mol. The molecule has 3 aromatic rings. The van der Waals surface area contributed by atoms with Crippen LogP contribution in [0.2, 0.25) is 0 Å². The van der Waals surface area contributed by atoms with E-state index in [2.05, 4.69) is 26.1 Å². The Kier molecular flexibility index (Phi) is 3.98. The van der Waals surface area contributed by atoms with E-state index in [9.17, 15) is 0 Å². The SMILES string of the molecule is Cc1cc(C)n2nc(SCc3ccc(N(C)C)nc3)nc2n1. The van der Waals surface area contributed by atoms with Crippen molar-refractivity contribution < 1.29 is 0 Å². The maximum absolute atomic E-state index is 4.49. The number of rotatable bonds is 4. The standard InChI is InChI=1S/C15H18N6S/c1-10-7-11(2)21-14(17-10)18-15(19-21)22-9-12-5-6-13(16-8-12)20(3)4/h5-8H,9H2,1-4H3. The largest absolute Gasteiger partial charge is 0.363 e. The van der Waals surface area contributed by atoms with Crippen LogP contribution in [-0.4, -0.2) is 38.7 Å². The molecule has 0 atom stereocenters. The van der Waals surface area contributed by atoms with Crippen LogP contribution in [0.4, 0.5) is 5.82 Å². The van der Waals surface area contributed by atoms with Gasteiger partial charge in [-0.2, -0.15) is 4.98 Å². The molecule has 0 bridgehead atoms. The number of nitrogens with zero attached hydrogens (tertiary/aromatic N) is 6. The summed E-state index contributed by atoms with van der Waals surface area (Å²) >= 11 is 1.59. The van der Waals surface area contributed by atoms with E-state index in [0.717, 1.165) is 33.7 Å². The van der Waals surface area contributed by atoms with Gasteiger partial charge in [0, 0.05) is 37.4 Å². The molecule has 114 valence electrons. The molecule has 0 saturated carbocycles. The number of thioether (sulfide) groups is 1. The van der Waals surface area contributed by atoms with Crippen molar-refractivity contribution in [3.8, 4) is 0 Å². The molecule has 0 fully saturated rings. The van der Waals surface area contributed by atoms with Crippen LogP contribution in [0.25, 0.3) is 5.78 Å². The summed E-state index contributed by atoms with van der Waals surface area (Å²) in [6, 6.07) is 6.10. The normalized spacial score (nSPS) is 11.1. The molecule has 6 nitrogen and oxygen atoms in total. The van der Waals surface area contributed by atoms with Crippen molar-refractivity contribution in [3.63, 3.8) is 0 Å². The van der Waals surface area contributed by atoms with Gasteiger partial charge in [-0.1, -0.05) is 17.8 Å². The fourth-order valence-electron chi connectivity index (χ4n) is 2.12. The van der Waals surface area contributed by atoms with Crippen molar-refractivity contribution in [2.45, 2.75) is 24.8 Å². The molecule has 0 unspecified atom stereocenters. The van der Waals surface area contributed by atoms with Gasteiger partial charge >= 0.3 is 0 Å². The number of pyridine rings is 1. The number of hydrogen-bond donors (Lipinski definition) is 0. The Labute approximate surface area is 133 Å². The summed E-state index contributed by atoms with van der Waals surface area (Å²) in [7, 11) is 3.96. The zero-order valence-electron chi connectivity index (χ0n) is 13.1. The Bertz CT molecular complexity index is 794. The Morgan fingerprint density at radius 1 is 1.18 bits per heavy atom. The predicted molar refractivity (Wildman–Crippen MR) is 88.4 cm³/mol. The smallest absolute Gasteiger partial charge is 0.253 e. The third kappa shape index (κ3) is 3.04. The van der Waals surface area contributed by atoms with Crippen LogP contribution in [0, 0.1) is 13.8 Å². The summed E-state index contributed by atoms with van der Waals surface area (Å²) in [5, 5.41) is 5.23. The molecular formula is C15H18N6S. The first-order chi connectivity index (χ1) is 10.5. The lowest BCUT2D eigenvalue weighted by Crippen LogP contribution is -2.10. The van der Waals surface area contributed by atoms with Crippen molar-refractivity contribution in [1.29, 1.82) is 0 Å². The highest BCUT2D eigenvalue weighted by Gasteiger charge is 2.08. The van der Waals surface area contributed by atoms with Crippen LogP contribution in [0.1, 0.15) is 17.0 Å². The molecule has 0 saturated heterocycles. The lowest BCUT2D eigenvalue weighted by atomic mass is 10.3. The van der Waals surface area contributed by atoms with Gasteiger partial charge in [-0.15, -0.1) is 5.10 Å². The Hall–Kier alpha value is -2.15. The second-order valence-corrected chi connectivity index (χ2v) is 6.30. The van der Waals surface area contributed by atoms with Gasteiger partial charge in [-0.05, 0) is 31.5 Å². The van der Waals surface area contributed by atoms with Crippen LogP contribution in [0.5, 0.6) is 0 Å². The minimum absolute atomic E-state index is 0.654. The van der Waals surface area contributed by atoms with Crippen molar-refractivity contribution in [3.05, 3.63) is 41.3 Å². The Balaban J connectivity index is 1.75. The molecule has 3 aromatic heterocycles. The molecule has 3 heterocycles. The molecule has 0 aromatic carbocycles. The summed E-state index contributed by atoms with van der Waals surface area (Å²) in [6.45, 7) is 3.97. The summed E-state index contributed by atoms with van der Waals surface area (Å²) in [6.07, 6.45) is 1.89. The lowest BCUT2D eigenvalue weighted by molar-refractivity contribution is 0.843. The first-order valence-electron chi connectivity index (χ1n) is 6.99. The van der Waals surface area contributed by atoms with Crippen LogP contribution in [0.15, 0.2) is 29.6 Å². The van der Waals surface area contributed by atoms with Gasteiger partial charge < -0.3 is 4.90 Å². The maximum atomic E-state index is 4.49. The molecule has 0 aliphatic rings. The monoisotopic (exact) mass is 314 g/mol. The van der Waals surface area contributed by atoms with Crippen molar-refractivity contribution in [2.24, 2.45) is 0 Å².